The standard InChI is InChI=1S/C18H21BrN2O3S/c19-14-1-5-16(6-2-14)25-17-7-3-15(4-8-17)20-18(24)13-21(9-11-22)10-12-23/h1-8,22-23H,9-13H2,(H,20,24). The van der Waals surface area contributed by atoms with Gasteiger partial charge in [0.2, 0.25) is 5.91 Å². The number of hydrogen-bond acceptors (Lipinski definition) is 5. The summed E-state index contributed by atoms with van der Waals surface area (Å²) in [4.78, 5) is 16.0. The predicted molar refractivity (Wildman–Crippen MR) is 104 cm³/mol. The van der Waals surface area contributed by atoms with Crippen molar-refractivity contribution in [3.8, 4) is 0 Å². The second kappa shape index (κ2) is 10.6. The van der Waals surface area contributed by atoms with Gasteiger partial charge in [-0.15, -0.1) is 0 Å². The number of amides is 1. The summed E-state index contributed by atoms with van der Waals surface area (Å²) in [5, 5.41) is 20.8. The second-order valence-electron chi connectivity index (χ2n) is 5.35. The summed E-state index contributed by atoms with van der Waals surface area (Å²) in [7, 11) is 0. The van der Waals surface area contributed by atoms with Crippen LogP contribution in [0.1, 0.15) is 0 Å². The van der Waals surface area contributed by atoms with Gasteiger partial charge in [0, 0.05) is 33.0 Å². The predicted octanol–water partition coefficient (Wildman–Crippen LogP) is 2.83. The molecule has 0 aromatic heterocycles. The van der Waals surface area contributed by atoms with Crippen LogP contribution < -0.4 is 5.32 Å². The number of anilines is 1. The summed E-state index contributed by atoms with van der Waals surface area (Å²) in [6.45, 7) is 0.758. The Morgan fingerprint density at radius 2 is 1.48 bits per heavy atom. The molecule has 0 aliphatic heterocycles. The van der Waals surface area contributed by atoms with Gasteiger partial charge in [0.1, 0.15) is 0 Å². The lowest BCUT2D eigenvalue weighted by molar-refractivity contribution is -0.117. The van der Waals surface area contributed by atoms with Crippen LogP contribution in [0.15, 0.2) is 62.8 Å². The maximum atomic E-state index is 12.1. The molecule has 0 saturated heterocycles. The first-order chi connectivity index (χ1) is 12.1. The topological polar surface area (TPSA) is 72.8 Å². The van der Waals surface area contributed by atoms with E-state index in [1.165, 1.54) is 0 Å². The van der Waals surface area contributed by atoms with Crippen molar-refractivity contribution in [3.63, 3.8) is 0 Å². The summed E-state index contributed by atoms with van der Waals surface area (Å²) in [5.74, 6) is -0.171. The highest BCUT2D eigenvalue weighted by molar-refractivity contribution is 9.10. The molecule has 0 bridgehead atoms. The van der Waals surface area contributed by atoms with Crippen molar-refractivity contribution >= 4 is 39.3 Å². The highest BCUT2D eigenvalue weighted by atomic mass is 79.9. The van der Waals surface area contributed by atoms with E-state index >= 15 is 0 Å². The Balaban J connectivity index is 1.88. The number of aliphatic hydroxyl groups is 2. The van der Waals surface area contributed by atoms with E-state index in [0.29, 0.717) is 13.1 Å². The normalized spacial score (nSPS) is 10.9. The zero-order chi connectivity index (χ0) is 18.1. The zero-order valence-electron chi connectivity index (χ0n) is 13.7. The number of aliphatic hydroxyl groups excluding tert-OH is 2. The third-order valence-electron chi connectivity index (χ3n) is 3.39. The number of hydrogen-bond donors (Lipinski definition) is 3. The fourth-order valence-corrected chi connectivity index (χ4v) is 3.28. The van der Waals surface area contributed by atoms with Crippen LogP contribution in [0.4, 0.5) is 5.69 Å². The van der Waals surface area contributed by atoms with Gasteiger partial charge in [0.15, 0.2) is 0 Å². The molecule has 5 nitrogen and oxygen atoms in total. The van der Waals surface area contributed by atoms with Crippen molar-refractivity contribution in [3.05, 3.63) is 53.0 Å². The van der Waals surface area contributed by atoms with E-state index in [9.17, 15) is 4.79 Å². The lowest BCUT2D eigenvalue weighted by atomic mass is 10.3. The second-order valence-corrected chi connectivity index (χ2v) is 7.41. The van der Waals surface area contributed by atoms with E-state index in [4.69, 9.17) is 10.2 Å². The maximum absolute atomic E-state index is 12.1. The summed E-state index contributed by atoms with van der Waals surface area (Å²) in [5.41, 5.74) is 0.720. The number of carbonyl (C=O) groups excluding carboxylic acids is 1. The number of rotatable bonds is 9. The molecule has 134 valence electrons. The van der Waals surface area contributed by atoms with Gasteiger partial charge in [-0.1, -0.05) is 27.7 Å². The molecule has 25 heavy (non-hydrogen) atoms. The first kappa shape index (κ1) is 19.9. The van der Waals surface area contributed by atoms with Crippen molar-refractivity contribution < 1.29 is 15.0 Å². The van der Waals surface area contributed by atoms with Gasteiger partial charge < -0.3 is 15.5 Å². The summed E-state index contributed by atoms with van der Waals surface area (Å²) < 4.78 is 1.05. The van der Waals surface area contributed by atoms with Crippen molar-refractivity contribution in [2.75, 3.05) is 38.2 Å². The number of carbonyl (C=O) groups is 1. The summed E-state index contributed by atoms with van der Waals surface area (Å²) in [6.07, 6.45) is 0. The molecule has 0 fully saturated rings. The SMILES string of the molecule is O=C(CN(CCO)CCO)Nc1ccc(Sc2ccc(Br)cc2)cc1. The highest BCUT2D eigenvalue weighted by Gasteiger charge is 2.10. The van der Waals surface area contributed by atoms with Crippen molar-refractivity contribution in [1.29, 1.82) is 0 Å². The molecule has 2 aromatic carbocycles. The van der Waals surface area contributed by atoms with Crippen LogP contribution in [0.3, 0.4) is 0 Å². The minimum absolute atomic E-state index is 0.0464. The average Bonchev–Trinajstić information content (AvgIpc) is 2.59. The average molecular weight is 425 g/mol. The number of nitrogens with one attached hydrogen (secondary N) is 1. The molecule has 7 heteroatoms. The molecule has 1 amide bonds. The minimum Gasteiger partial charge on any atom is -0.395 e. The van der Waals surface area contributed by atoms with Crippen LogP contribution in [0.5, 0.6) is 0 Å². The number of benzene rings is 2. The van der Waals surface area contributed by atoms with Crippen LogP contribution in [-0.2, 0) is 4.79 Å². The molecule has 0 heterocycles. The van der Waals surface area contributed by atoms with Gasteiger partial charge in [-0.3, -0.25) is 9.69 Å². The molecule has 2 rings (SSSR count). The number of halogens is 1. The van der Waals surface area contributed by atoms with Crippen LogP contribution in [0.2, 0.25) is 0 Å². The molecule has 3 N–H and O–H groups in total. The van der Waals surface area contributed by atoms with Crippen LogP contribution in [0.25, 0.3) is 0 Å². The smallest absolute Gasteiger partial charge is 0.238 e. The van der Waals surface area contributed by atoms with Crippen molar-refractivity contribution in [2.45, 2.75) is 9.79 Å². The van der Waals surface area contributed by atoms with E-state index in [1.807, 2.05) is 48.5 Å². The Labute approximate surface area is 160 Å². The lowest BCUT2D eigenvalue weighted by Crippen LogP contribution is -2.37. The summed E-state index contributed by atoms with van der Waals surface area (Å²) in [6, 6.07) is 15.7. The first-order valence-electron chi connectivity index (χ1n) is 7.88. The lowest BCUT2D eigenvalue weighted by Gasteiger charge is -2.19. The Hall–Kier alpha value is -1.38. The van der Waals surface area contributed by atoms with Crippen molar-refractivity contribution in [1.82, 2.24) is 4.90 Å². The molecular weight excluding hydrogens is 404 g/mol. The highest BCUT2D eigenvalue weighted by Crippen LogP contribution is 2.29. The third kappa shape index (κ3) is 7.17. The number of nitrogens with zero attached hydrogens (tertiary/aromatic N) is 1. The molecule has 0 saturated carbocycles. The van der Waals surface area contributed by atoms with E-state index in [1.54, 1.807) is 16.7 Å². The third-order valence-corrected chi connectivity index (χ3v) is 4.93. The van der Waals surface area contributed by atoms with E-state index < -0.39 is 0 Å². The molecule has 2 aromatic rings. The van der Waals surface area contributed by atoms with Crippen LogP contribution >= 0.6 is 27.7 Å². The van der Waals surface area contributed by atoms with E-state index in [0.717, 1.165) is 20.0 Å². The Morgan fingerprint density at radius 3 is 2.00 bits per heavy atom. The molecule has 0 unspecified atom stereocenters. The van der Waals surface area contributed by atoms with E-state index in [2.05, 4.69) is 21.2 Å². The monoisotopic (exact) mass is 424 g/mol. The van der Waals surface area contributed by atoms with Gasteiger partial charge >= 0.3 is 0 Å². The van der Waals surface area contributed by atoms with Gasteiger partial charge in [0.25, 0.3) is 0 Å². The molecule has 0 aliphatic carbocycles. The first-order valence-corrected chi connectivity index (χ1v) is 9.49. The minimum atomic E-state index is -0.171. The summed E-state index contributed by atoms with van der Waals surface area (Å²) >= 11 is 5.07. The molecule has 0 radical (unpaired) electrons. The fraction of sp³-hybridized carbons (Fsp3) is 0.278. The molecule has 0 atom stereocenters. The Morgan fingerprint density at radius 1 is 0.960 bits per heavy atom. The molecular formula is C18H21BrN2O3S. The van der Waals surface area contributed by atoms with Crippen LogP contribution in [-0.4, -0.2) is 53.9 Å². The van der Waals surface area contributed by atoms with E-state index in [-0.39, 0.29) is 25.7 Å². The molecule has 0 spiro atoms. The van der Waals surface area contributed by atoms with Gasteiger partial charge in [-0.05, 0) is 48.5 Å². The zero-order valence-corrected chi connectivity index (χ0v) is 16.1. The quantitative estimate of drug-likeness (QED) is 0.577. The van der Waals surface area contributed by atoms with Gasteiger partial charge in [-0.2, -0.15) is 0 Å². The van der Waals surface area contributed by atoms with Gasteiger partial charge in [-0.25, -0.2) is 0 Å². The fourth-order valence-electron chi connectivity index (χ4n) is 2.20. The maximum Gasteiger partial charge on any atom is 0.238 e. The Kier molecular flexibility index (Phi) is 8.43. The Bertz CT molecular complexity index is 659. The van der Waals surface area contributed by atoms with Crippen molar-refractivity contribution in [2.24, 2.45) is 0 Å². The van der Waals surface area contributed by atoms with Gasteiger partial charge in [0.05, 0.1) is 19.8 Å². The molecule has 0 aliphatic rings. The van der Waals surface area contributed by atoms with Crippen LogP contribution in [0, 0.1) is 0 Å². The largest absolute Gasteiger partial charge is 0.395 e.